The van der Waals surface area contributed by atoms with Gasteiger partial charge >= 0.3 is 0 Å². The molecule has 17 heavy (non-hydrogen) atoms. The molecule has 2 fully saturated rings. The lowest BCUT2D eigenvalue weighted by Crippen LogP contribution is -2.40. The Morgan fingerprint density at radius 2 is 1.76 bits per heavy atom. The summed E-state index contributed by atoms with van der Waals surface area (Å²) in [7, 11) is 2.20. The van der Waals surface area contributed by atoms with Gasteiger partial charge in [0.15, 0.2) is 0 Å². The summed E-state index contributed by atoms with van der Waals surface area (Å²) in [6.45, 7) is 5.75. The molecule has 0 aromatic heterocycles. The first-order valence-electron chi connectivity index (χ1n) is 7.66. The summed E-state index contributed by atoms with van der Waals surface area (Å²) in [6, 6.07) is 0.812. The van der Waals surface area contributed by atoms with Gasteiger partial charge in [0.1, 0.15) is 0 Å². The Bertz CT molecular complexity index is 211. The van der Waals surface area contributed by atoms with Crippen molar-refractivity contribution in [3.63, 3.8) is 0 Å². The Morgan fingerprint density at radius 1 is 1.12 bits per heavy atom. The first kappa shape index (κ1) is 13.4. The highest BCUT2D eigenvalue weighted by Gasteiger charge is 2.37. The Labute approximate surface area is 107 Å². The minimum absolute atomic E-state index is 0.790. The van der Waals surface area contributed by atoms with E-state index in [1.54, 1.807) is 0 Å². The Balaban J connectivity index is 1.62. The molecule has 0 amide bonds. The molecule has 0 heterocycles. The number of hydrogen-bond acceptors (Lipinski definition) is 2. The van der Waals surface area contributed by atoms with Crippen molar-refractivity contribution in [3.05, 3.63) is 0 Å². The first-order chi connectivity index (χ1) is 8.24. The summed E-state index contributed by atoms with van der Waals surface area (Å²) >= 11 is 0. The largest absolute Gasteiger partial charge is 0.313 e. The highest BCUT2D eigenvalue weighted by molar-refractivity contribution is 4.91. The Hall–Kier alpha value is -0.0800. The van der Waals surface area contributed by atoms with Gasteiger partial charge in [0.2, 0.25) is 0 Å². The van der Waals surface area contributed by atoms with Crippen LogP contribution in [0.2, 0.25) is 0 Å². The van der Waals surface area contributed by atoms with Crippen LogP contribution in [0.4, 0.5) is 0 Å². The maximum atomic E-state index is 3.75. The highest BCUT2D eigenvalue weighted by Crippen LogP contribution is 2.48. The summed E-state index contributed by atoms with van der Waals surface area (Å²) < 4.78 is 0. The summed E-state index contributed by atoms with van der Waals surface area (Å²) in [5.41, 5.74) is 0.790. The molecule has 2 rings (SSSR count). The van der Waals surface area contributed by atoms with Crippen LogP contribution in [-0.2, 0) is 0 Å². The fraction of sp³-hybridized carbons (Fsp3) is 1.00. The molecule has 0 radical (unpaired) electrons. The van der Waals surface area contributed by atoms with Gasteiger partial charge in [0.05, 0.1) is 0 Å². The van der Waals surface area contributed by atoms with Crippen LogP contribution in [0, 0.1) is 5.41 Å². The first-order valence-corrected chi connectivity index (χ1v) is 7.66. The van der Waals surface area contributed by atoms with Crippen LogP contribution in [0.5, 0.6) is 0 Å². The van der Waals surface area contributed by atoms with Crippen LogP contribution in [0.25, 0.3) is 0 Å². The molecule has 0 aromatic rings. The third-order valence-corrected chi connectivity index (χ3v) is 5.18. The van der Waals surface area contributed by atoms with Gasteiger partial charge in [-0.2, -0.15) is 0 Å². The van der Waals surface area contributed by atoms with Crippen molar-refractivity contribution in [3.8, 4) is 0 Å². The van der Waals surface area contributed by atoms with E-state index >= 15 is 0 Å². The second-order valence-corrected chi connectivity index (χ2v) is 6.33. The molecule has 0 bridgehead atoms. The molecular weight excluding hydrogens is 208 g/mol. The zero-order chi connectivity index (χ0) is 12.1. The standard InChI is InChI=1S/C15H30N2/c1-3-17(2)13-12-16-14-6-10-15(11-7-14)8-4-5-9-15/h14,16H,3-13H2,1-2H3. The SMILES string of the molecule is CCN(C)CCNC1CCC2(CCCC2)CC1. The van der Waals surface area contributed by atoms with Gasteiger partial charge in [-0.15, -0.1) is 0 Å². The second-order valence-electron chi connectivity index (χ2n) is 6.33. The smallest absolute Gasteiger partial charge is 0.0104 e. The van der Waals surface area contributed by atoms with Crippen molar-refractivity contribution in [1.82, 2.24) is 10.2 Å². The lowest BCUT2D eigenvalue weighted by Gasteiger charge is -2.37. The second kappa shape index (κ2) is 6.19. The van der Waals surface area contributed by atoms with E-state index in [1.807, 2.05) is 0 Å². The zero-order valence-corrected chi connectivity index (χ0v) is 11.8. The molecule has 1 N–H and O–H groups in total. The lowest BCUT2D eigenvalue weighted by atomic mass is 9.71. The van der Waals surface area contributed by atoms with E-state index in [1.165, 1.54) is 64.5 Å². The third-order valence-electron chi connectivity index (χ3n) is 5.18. The van der Waals surface area contributed by atoms with Crippen LogP contribution >= 0.6 is 0 Å². The molecular formula is C15H30N2. The van der Waals surface area contributed by atoms with Gasteiger partial charge in [0, 0.05) is 19.1 Å². The van der Waals surface area contributed by atoms with E-state index in [2.05, 4.69) is 24.2 Å². The minimum Gasteiger partial charge on any atom is -0.313 e. The molecule has 0 unspecified atom stereocenters. The van der Waals surface area contributed by atoms with Gasteiger partial charge in [0.25, 0.3) is 0 Å². The fourth-order valence-corrected chi connectivity index (χ4v) is 3.68. The lowest BCUT2D eigenvalue weighted by molar-refractivity contribution is 0.167. The van der Waals surface area contributed by atoms with Gasteiger partial charge in [-0.3, -0.25) is 0 Å². The molecule has 0 aromatic carbocycles. The maximum Gasteiger partial charge on any atom is 0.0104 e. The molecule has 0 saturated heterocycles. The Kier molecular flexibility index (Phi) is 4.87. The van der Waals surface area contributed by atoms with Crippen LogP contribution in [0.15, 0.2) is 0 Å². The average Bonchev–Trinajstić information content (AvgIpc) is 2.80. The molecule has 100 valence electrons. The molecule has 2 heteroatoms. The van der Waals surface area contributed by atoms with Crippen molar-refractivity contribution in [2.45, 2.75) is 64.3 Å². The molecule has 2 saturated carbocycles. The average molecular weight is 238 g/mol. The van der Waals surface area contributed by atoms with Crippen molar-refractivity contribution < 1.29 is 0 Å². The molecule has 2 aliphatic carbocycles. The van der Waals surface area contributed by atoms with E-state index < -0.39 is 0 Å². The quantitative estimate of drug-likeness (QED) is 0.792. The normalized spacial score (nSPS) is 24.9. The summed E-state index contributed by atoms with van der Waals surface area (Å²) in [5, 5.41) is 3.75. The highest BCUT2D eigenvalue weighted by atomic mass is 15.1. The van der Waals surface area contributed by atoms with Crippen LogP contribution < -0.4 is 5.32 Å². The molecule has 0 atom stereocenters. The minimum atomic E-state index is 0.790. The zero-order valence-electron chi connectivity index (χ0n) is 11.8. The fourth-order valence-electron chi connectivity index (χ4n) is 3.68. The molecule has 2 aliphatic rings. The maximum absolute atomic E-state index is 3.75. The Morgan fingerprint density at radius 3 is 2.35 bits per heavy atom. The number of rotatable bonds is 5. The number of nitrogens with one attached hydrogen (secondary N) is 1. The van der Waals surface area contributed by atoms with Gasteiger partial charge in [-0.1, -0.05) is 19.8 Å². The number of hydrogen-bond donors (Lipinski definition) is 1. The predicted octanol–water partition coefficient (Wildman–Crippen LogP) is 3.03. The van der Waals surface area contributed by atoms with Crippen molar-refractivity contribution in [1.29, 1.82) is 0 Å². The topological polar surface area (TPSA) is 15.3 Å². The summed E-state index contributed by atoms with van der Waals surface area (Å²) in [4.78, 5) is 2.38. The number of nitrogens with zero attached hydrogens (tertiary/aromatic N) is 1. The van der Waals surface area contributed by atoms with E-state index in [-0.39, 0.29) is 0 Å². The van der Waals surface area contributed by atoms with Crippen LogP contribution in [0.1, 0.15) is 58.3 Å². The number of likely N-dealkylation sites (N-methyl/N-ethyl adjacent to an activating group) is 1. The molecule has 0 aliphatic heterocycles. The van der Waals surface area contributed by atoms with Crippen LogP contribution in [-0.4, -0.2) is 37.6 Å². The predicted molar refractivity (Wildman–Crippen MR) is 74.3 cm³/mol. The summed E-state index contributed by atoms with van der Waals surface area (Å²) in [5.74, 6) is 0. The van der Waals surface area contributed by atoms with Crippen LogP contribution in [0.3, 0.4) is 0 Å². The van der Waals surface area contributed by atoms with Crippen molar-refractivity contribution in [2.75, 3.05) is 26.7 Å². The van der Waals surface area contributed by atoms with Gasteiger partial charge < -0.3 is 10.2 Å². The van der Waals surface area contributed by atoms with Gasteiger partial charge in [-0.05, 0) is 57.5 Å². The third kappa shape index (κ3) is 3.69. The van der Waals surface area contributed by atoms with Crippen molar-refractivity contribution >= 4 is 0 Å². The summed E-state index contributed by atoms with van der Waals surface area (Å²) in [6.07, 6.45) is 11.9. The molecule has 1 spiro atoms. The van der Waals surface area contributed by atoms with E-state index in [0.717, 1.165) is 18.0 Å². The van der Waals surface area contributed by atoms with Crippen molar-refractivity contribution in [2.24, 2.45) is 5.41 Å². The van der Waals surface area contributed by atoms with E-state index in [9.17, 15) is 0 Å². The van der Waals surface area contributed by atoms with Gasteiger partial charge in [-0.25, -0.2) is 0 Å². The monoisotopic (exact) mass is 238 g/mol. The molecule has 2 nitrogen and oxygen atoms in total. The van der Waals surface area contributed by atoms with E-state index in [0.29, 0.717) is 0 Å². The van der Waals surface area contributed by atoms with E-state index in [4.69, 9.17) is 0 Å².